The summed E-state index contributed by atoms with van der Waals surface area (Å²) < 4.78 is 1.88. The first-order chi connectivity index (χ1) is 35.2. The van der Waals surface area contributed by atoms with E-state index in [0.29, 0.717) is 0 Å². The van der Waals surface area contributed by atoms with Crippen LogP contribution >= 0.6 is 0 Å². The Morgan fingerprint density at radius 3 is 1.25 bits per heavy atom. The molecule has 9 aromatic carbocycles. The van der Waals surface area contributed by atoms with E-state index in [2.05, 4.69) is 200 Å². The topological polar surface area (TPSA) is 43.6 Å². The average Bonchev–Trinajstić information content (AvgIpc) is 3.97. The van der Waals surface area contributed by atoms with Crippen LogP contribution in [0.3, 0.4) is 0 Å². The van der Waals surface area contributed by atoms with Crippen LogP contribution in [0, 0.1) is 18.2 Å². The van der Waals surface area contributed by atoms with Gasteiger partial charge in [-0.1, -0.05) is 152 Å². The molecule has 0 aliphatic carbocycles. The Morgan fingerprint density at radius 1 is 0.292 bits per heavy atom. The molecule has 0 atom stereocenters. The molecule has 72 heavy (non-hydrogen) atoms. The number of nitrogens with zero attached hydrogens (tertiary/aromatic N) is 4. The maximum Gasteiger partial charge on any atom is 3.00 e. The second-order valence-electron chi connectivity index (χ2n) is 17.4. The largest absolute Gasteiger partial charge is 3.00 e. The van der Waals surface area contributed by atoms with Crippen molar-refractivity contribution in [2.75, 3.05) is 0 Å². The third-order valence-electron chi connectivity index (χ3n) is 13.0. The van der Waals surface area contributed by atoms with Crippen LogP contribution in [0.2, 0.25) is 0 Å². The Kier molecular flexibility index (Phi) is 13.1. The van der Waals surface area contributed by atoms with Crippen LogP contribution in [0.1, 0.15) is 0 Å². The third-order valence-corrected chi connectivity index (χ3v) is 13.0. The maximum absolute atomic E-state index is 5.07. The van der Waals surface area contributed by atoms with Crippen molar-refractivity contribution < 1.29 is 20.1 Å². The van der Waals surface area contributed by atoms with E-state index in [4.69, 9.17) is 15.1 Å². The maximum atomic E-state index is 5.07. The summed E-state index contributed by atoms with van der Waals surface area (Å²) in [5.74, 6) is 0. The summed E-state index contributed by atoms with van der Waals surface area (Å²) in [6, 6.07) is 92.8. The molecular formula is C67H43IrN4. The normalized spacial score (nSPS) is 10.9. The molecule has 0 amide bonds. The Labute approximate surface area is 434 Å². The Morgan fingerprint density at radius 2 is 0.736 bits per heavy atom. The molecule has 0 saturated heterocycles. The van der Waals surface area contributed by atoms with E-state index >= 15 is 0 Å². The Hall–Kier alpha value is -8.86. The van der Waals surface area contributed by atoms with Crippen LogP contribution in [0.5, 0.6) is 0 Å². The van der Waals surface area contributed by atoms with Crippen LogP contribution in [-0.4, -0.2) is 19.7 Å². The standard InChI is InChI=1S/C67H43N4.Ir/c1-4-17-47(18-5-1)48-31-33-49(34-32-48)51-21-16-22-52(39-51)67-38-36-54(44-69-67)61-26-11-13-28-63(61)56-40-55(62-27-12-10-25-60(62)53-35-37-66(68-43-53)50-19-6-2-7-20-50)41-57(42-56)64-29-14-15-30-65(64)58-45-70-71(46-58)59-23-8-3-9-24-59;/h1-19,21,23,25-46H;/q-3;+3. The minimum absolute atomic E-state index is 0. The Balaban J connectivity index is 0.00000560. The van der Waals surface area contributed by atoms with Crippen molar-refractivity contribution in [1.29, 1.82) is 0 Å². The average molecular weight is 1100 g/mol. The summed E-state index contributed by atoms with van der Waals surface area (Å²) >= 11 is 0. The van der Waals surface area contributed by atoms with Crippen molar-refractivity contribution in [1.82, 2.24) is 19.7 Å². The summed E-state index contributed by atoms with van der Waals surface area (Å²) in [7, 11) is 0. The summed E-state index contributed by atoms with van der Waals surface area (Å²) in [5, 5.41) is 4.77. The summed E-state index contributed by atoms with van der Waals surface area (Å²) in [6.07, 6.45) is 7.98. The molecule has 0 saturated carbocycles. The number of hydrogen-bond acceptors (Lipinski definition) is 3. The summed E-state index contributed by atoms with van der Waals surface area (Å²) in [5.41, 5.74) is 22.1. The van der Waals surface area contributed by atoms with Crippen LogP contribution in [0.25, 0.3) is 117 Å². The number of pyridine rings is 2. The molecule has 0 N–H and O–H groups in total. The quantitative estimate of drug-likeness (QED) is 0.121. The third kappa shape index (κ3) is 9.43. The zero-order chi connectivity index (χ0) is 47.3. The van der Waals surface area contributed by atoms with Crippen LogP contribution in [-0.2, 0) is 20.1 Å². The molecule has 0 radical (unpaired) electrons. The molecule has 12 rings (SSSR count). The van der Waals surface area contributed by atoms with Gasteiger partial charge in [0.05, 0.1) is 6.20 Å². The van der Waals surface area contributed by atoms with Crippen LogP contribution in [0.15, 0.2) is 261 Å². The molecule has 0 aliphatic heterocycles. The fourth-order valence-electron chi connectivity index (χ4n) is 9.43. The van der Waals surface area contributed by atoms with E-state index in [1.807, 2.05) is 83.9 Å². The van der Waals surface area contributed by atoms with E-state index in [1.165, 1.54) is 11.1 Å². The molecule has 3 heterocycles. The fourth-order valence-corrected chi connectivity index (χ4v) is 9.43. The molecule has 0 spiro atoms. The van der Waals surface area contributed by atoms with Gasteiger partial charge in [-0.25, -0.2) is 0 Å². The molecule has 0 fully saturated rings. The van der Waals surface area contributed by atoms with Crippen molar-refractivity contribution in [2.24, 2.45) is 0 Å². The van der Waals surface area contributed by atoms with Crippen LogP contribution < -0.4 is 0 Å². The minimum Gasteiger partial charge on any atom is -0.304 e. The van der Waals surface area contributed by atoms with Gasteiger partial charge in [0.15, 0.2) is 0 Å². The van der Waals surface area contributed by atoms with Gasteiger partial charge < -0.3 is 9.97 Å². The second kappa shape index (κ2) is 20.6. The van der Waals surface area contributed by atoms with Crippen molar-refractivity contribution >= 4 is 0 Å². The van der Waals surface area contributed by atoms with E-state index < -0.39 is 0 Å². The fraction of sp³-hybridized carbons (Fsp3) is 0. The van der Waals surface area contributed by atoms with Gasteiger partial charge in [-0.05, 0) is 113 Å². The zero-order valence-corrected chi connectivity index (χ0v) is 41.3. The smallest absolute Gasteiger partial charge is 0.304 e. The van der Waals surface area contributed by atoms with Crippen molar-refractivity contribution in [3.05, 3.63) is 280 Å². The number of aromatic nitrogens is 4. The van der Waals surface area contributed by atoms with Gasteiger partial charge >= 0.3 is 20.1 Å². The molecule has 340 valence electrons. The van der Waals surface area contributed by atoms with Gasteiger partial charge in [-0.3, -0.25) is 4.68 Å². The molecule has 0 aliphatic rings. The van der Waals surface area contributed by atoms with E-state index in [0.717, 1.165) is 106 Å². The Bertz CT molecular complexity index is 3780. The second-order valence-corrected chi connectivity index (χ2v) is 17.4. The molecule has 0 bridgehead atoms. The SMILES string of the molecule is [Ir+3].[c-]1ccccc1-c1ccc(-c2ccccc2-c2cc(-c3ccccc3-c3ccc(-c4[c-]ccc(-c5ccc(-c6ccccc6)cc5)c4)nc3)cc(-c3ccccc3-c3cnn(-c4[c-]cccc4)c3)c2)cn1. The molecule has 12 aromatic rings. The molecule has 0 unspecified atom stereocenters. The first-order valence-corrected chi connectivity index (χ1v) is 23.7. The van der Waals surface area contributed by atoms with Gasteiger partial charge in [0, 0.05) is 24.2 Å². The molecular weight excluding hydrogens is 1050 g/mol. The monoisotopic (exact) mass is 1100 g/mol. The molecule has 4 nitrogen and oxygen atoms in total. The van der Waals surface area contributed by atoms with Gasteiger partial charge in [0.2, 0.25) is 0 Å². The van der Waals surface area contributed by atoms with E-state index in [9.17, 15) is 0 Å². The van der Waals surface area contributed by atoms with Crippen molar-refractivity contribution in [3.63, 3.8) is 0 Å². The number of para-hydroxylation sites is 1. The summed E-state index contributed by atoms with van der Waals surface area (Å²) in [6.45, 7) is 0. The molecule has 3 aromatic heterocycles. The predicted octanol–water partition coefficient (Wildman–Crippen LogP) is 16.7. The van der Waals surface area contributed by atoms with Crippen LogP contribution in [0.4, 0.5) is 0 Å². The number of rotatable bonds is 11. The number of benzene rings is 9. The first-order valence-electron chi connectivity index (χ1n) is 23.7. The minimum atomic E-state index is 0. The van der Waals surface area contributed by atoms with Gasteiger partial charge in [-0.15, -0.1) is 77.4 Å². The summed E-state index contributed by atoms with van der Waals surface area (Å²) in [4.78, 5) is 9.98. The van der Waals surface area contributed by atoms with E-state index in [-0.39, 0.29) is 20.1 Å². The first kappa shape index (κ1) is 45.6. The van der Waals surface area contributed by atoms with Gasteiger partial charge in [-0.2, -0.15) is 29.4 Å². The van der Waals surface area contributed by atoms with Gasteiger partial charge in [0.1, 0.15) is 0 Å². The molecule has 5 heteroatoms. The van der Waals surface area contributed by atoms with E-state index in [1.54, 1.807) is 0 Å². The zero-order valence-electron chi connectivity index (χ0n) is 38.9. The van der Waals surface area contributed by atoms with Gasteiger partial charge in [0.25, 0.3) is 0 Å². The van der Waals surface area contributed by atoms with Crippen molar-refractivity contribution in [2.45, 2.75) is 0 Å². The predicted molar refractivity (Wildman–Crippen MR) is 290 cm³/mol. The number of hydrogen-bond donors (Lipinski definition) is 0. The van der Waals surface area contributed by atoms with Crippen molar-refractivity contribution in [3.8, 4) is 117 Å².